The van der Waals surface area contributed by atoms with Gasteiger partial charge in [0.1, 0.15) is 0 Å². The number of carbonyl (C=O) groups is 1. The number of piperidine rings is 1. The molecule has 2 heterocycles. The van der Waals surface area contributed by atoms with Gasteiger partial charge in [-0.05, 0) is 38.6 Å². The molecule has 0 aromatic carbocycles. The summed E-state index contributed by atoms with van der Waals surface area (Å²) in [5.74, 6) is 0.0923. The molecule has 0 radical (unpaired) electrons. The average molecular weight is 298 g/mol. The van der Waals surface area contributed by atoms with Crippen LogP contribution in [0.2, 0.25) is 0 Å². The van der Waals surface area contributed by atoms with Gasteiger partial charge in [-0.3, -0.25) is 9.69 Å². The highest BCUT2D eigenvalue weighted by Gasteiger charge is 2.32. The van der Waals surface area contributed by atoms with Crippen molar-refractivity contribution in [2.45, 2.75) is 51.5 Å². The normalized spacial score (nSPS) is 26.5. The molecular formula is C16H30N2O3. The highest BCUT2D eigenvalue weighted by atomic mass is 16.5. The van der Waals surface area contributed by atoms with E-state index >= 15 is 0 Å². The molecular weight excluding hydrogens is 268 g/mol. The van der Waals surface area contributed by atoms with Crippen LogP contribution in [0.1, 0.15) is 45.4 Å². The van der Waals surface area contributed by atoms with Crippen LogP contribution in [0.4, 0.5) is 0 Å². The molecule has 0 aromatic heterocycles. The Labute approximate surface area is 128 Å². The molecule has 2 N–H and O–H groups in total. The number of rotatable bonds is 6. The van der Waals surface area contributed by atoms with Crippen LogP contribution >= 0.6 is 0 Å². The summed E-state index contributed by atoms with van der Waals surface area (Å²) in [5.41, 5.74) is -0.181. The molecule has 2 fully saturated rings. The molecule has 0 spiro atoms. The minimum absolute atomic E-state index is 0.0923. The SMILES string of the molecule is CC[C@@H]1CCCCN1CC(=O)NCC1(CO)CCOCC1. The second-order valence-electron chi connectivity index (χ2n) is 6.58. The fraction of sp³-hybridized carbons (Fsp3) is 0.938. The molecule has 0 aliphatic carbocycles. The monoisotopic (exact) mass is 298 g/mol. The molecule has 5 nitrogen and oxygen atoms in total. The summed E-state index contributed by atoms with van der Waals surface area (Å²) in [7, 11) is 0. The van der Waals surface area contributed by atoms with Crippen LogP contribution in [-0.2, 0) is 9.53 Å². The first-order chi connectivity index (χ1) is 10.2. The number of likely N-dealkylation sites (tertiary alicyclic amines) is 1. The summed E-state index contributed by atoms with van der Waals surface area (Å²) >= 11 is 0. The zero-order valence-corrected chi connectivity index (χ0v) is 13.3. The van der Waals surface area contributed by atoms with Crippen molar-refractivity contribution in [3.05, 3.63) is 0 Å². The van der Waals surface area contributed by atoms with Crippen LogP contribution in [-0.4, -0.2) is 61.4 Å². The molecule has 2 aliphatic heterocycles. The number of hydrogen-bond donors (Lipinski definition) is 2. The van der Waals surface area contributed by atoms with Crippen molar-refractivity contribution in [2.75, 3.05) is 39.5 Å². The molecule has 2 aliphatic rings. The summed E-state index contributed by atoms with van der Waals surface area (Å²) in [5, 5.41) is 12.7. The third-order valence-corrected chi connectivity index (χ3v) is 5.12. The highest BCUT2D eigenvalue weighted by Crippen LogP contribution is 2.29. The van der Waals surface area contributed by atoms with Gasteiger partial charge in [-0.2, -0.15) is 0 Å². The second-order valence-corrected chi connectivity index (χ2v) is 6.58. The van der Waals surface area contributed by atoms with Gasteiger partial charge in [-0.15, -0.1) is 0 Å². The molecule has 21 heavy (non-hydrogen) atoms. The van der Waals surface area contributed by atoms with Crippen molar-refractivity contribution in [3.8, 4) is 0 Å². The number of aliphatic hydroxyl groups excluding tert-OH is 1. The van der Waals surface area contributed by atoms with Gasteiger partial charge in [-0.1, -0.05) is 13.3 Å². The van der Waals surface area contributed by atoms with Crippen LogP contribution in [0, 0.1) is 5.41 Å². The topological polar surface area (TPSA) is 61.8 Å². The maximum Gasteiger partial charge on any atom is 0.234 e. The van der Waals surface area contributed by atoms with E-state index in [2.05, 4.69) is 17.1 Å². The van der Waals surface area contributed by atoms with Gasteiger partial charge >= 0.3 is 0 Å². The molecule has 0 saturated carbocycles. The number of ether oxygens (including phenoxy) is 1. The summed E-state index contributed by atoms with van der Waals surface area (Å²) in [6, 6.07) is 0.555. The van der Waals surface area contributed by atoms with Crippen molar-refractivity contribution in [1.82, 2.24) is 10.2 Å². The van der Waals surface area contributed by atoms with Gasteiger partial charge < -0.3 is 15.2 Å². The Morgan fingerprint density at radius 1 is 1.38 bits per heavy atom. The predicted molar refractivity (Wildman–Crippen MR) is 82.1 cm³/mol. The lowest BCUT2D eigenvalue weighted by atomic mass is 9.81. The number of nitrogens with zero attached hydrogens (tertiary/aromatic N) is 1. The molecule has 0 bridgehead atoms. The fourth-order valence-corrected chi connectivity index (χ4v) is 3.45. The minimum atomic E-state index is -0.181. The van der Waals surface area contributed by atoms with E-state index in [4.69, 9.17) is 4.74 Å². The second kappa shape index (κ2) is 8.11. The third kappa shape index (κ3) is 4.66. The first-order valence-corrected chi connectivity index (χ1v) is 8.38. The predicted octanol–water partition coefficient (Wildman–Crippen LogP) is 1.16. The number of amides is 1. The Balaban J connectivity index is 1.78. The lowest BCUT2D eigenvalue weighted by molar-refractivity contribution is -0.124. The molecule has 2 rings (SSSR count). The Bertz CT molecular complexity index is 329. The number of hydrogen-bond acceptors (Lipinski definition) is 4. The zero-order chi connectivity index (χ0) is 15.1. The van der Waals surface area contributed by atoms with Crippen molar-refractivity contribution >= 4 is 5.91 Å². The summed E-state index contributed by atoms with van der Waals surface area (Å²) in [6.45, 7) is 5.78. The van der Waals surface area contributed by atoms with Crippen LogP contribution in [0.25, 0.3) is 0 Å². The maximum atomic E-state index is 12.2. The Hall–Kier alpha value is -0.650. The van der Waals surface area contributed by atoms with Gasteiger partial charge in [0.15, 0.2) is 0 Å². The van der Waals surface area contributed by atoms with Gasteiger partial charge in [0.25, 0.3) is 0 Å². The lowest BCUT2D eigenvalue weighted by Crippen LogP contribution is -2.49. The van der Waals surface area contributed by atoms with Crippen molar-refractivity contribution in [3.63, 3.8) is 0 Å². The average Bonchev–Trinajstić information content (AvgIpc) is 2.54. The third-order valence-electron chi connectivity index (χ3n) is 5.12. The van der Waals surface area contributed by atoms with Crippen LogP contribution in [0.5, 0.6) is 0 Å². The molecule has 5 heteroatoms. The first kappa shape index (κ1) is 16.7. The van der Waals surface area contributed by atoms with E-state index in [1.807, 2.05) is 0 Å². The fourth-order valence-electron chi connectivity index (χ4n) is 3.45. The standard InChI is InChI=1S/C16H30N2O3/c1-2-14-5-3-4-8-18(14)11-15(20)17-12-16(13-19)6-9-21-10-7-16/h14,19H,2-13H2,1H3,(H,17,20)/t14-/m1/s1. The van der Waals surface area contributed by atoms with E-state index in [1.54, 1.807) is 0 Å². The Morgan fingerprint density at radius 2 is 2.14 bits per heavy atom. The number of aliphatic hydroxyl groups is 1. The first-order valence-electron chi connectivity index (χ1n) is 8.38. The molecule has 0 unspecified atom stereocenters. The zero-order valence-electron chi connectivity index (χ0n) is 13.3. The molecule has 1 atom stereocenters. The molecule has 0 aromatic rings. The smallest absolute Gasteiger partial charge is 0.234 e. The summed E-state index contributed by atoms with van der Waals surface area (Å²) in [6.07, 6.45) is 6.45. The maximum absolute atomic E-state index is 12.2. The van der Waals surface area contributed by atoms with E-state index in [0.717, 1.165) is 25.8 Å². The van der Waals surface area contributed by atoms with Gasteiger partial charge in [0.2, 0.25) is 5.91 Å². The van der Waals surface area contributed by atoms with Crippen LogP contribution < -0.4 is 5.32 Å². The molecule has 1 amide bonds. The molecule has 2 saturated heterocycles. The van der Waals surface area contributed by atoms with Crippen LogP contribution in [0.3, 0.4) is 0 Å². The molecule has 122 valence electrons. The van der Waals surface area contributed by atoms with E-state index in [0.29, 0.717) is 32.3 Å². The van der Waals surface area contributed by atoms with Gasteiger partial charge in [0.05, 0.1) is 13.2 Å². The van der Waals surface area contributed by atoms with E-state index < -0.39 is 0 Å². The van der Waals surface area contributed by atoms with Gasteiger partial charge in [0, 0.05) is 31.2 Å². The van der Waals surface area contributed by atoms with Crippen molar-refractivity contribution in [2.24, 2.45) is 5.41 Å². The highest BCUT2D eigenvalue weighted by molar-refractivity contribution is 5.78. The summed E-state index contributed by atoms with van der Waals surface area (Å²) in [4.78, 5) is 14.5. The Kier molecular flexibility index (Phi) is 6.45. The lowest BCUT2D eigenvalue weighted by Gasteiger charge is -2.37. The van der Waals surface area contributed by atoms with E-state index in [1.165, 1.54) is 19.3 Å². The quantitative estimate of drug-likeness (QED) is 0.772. The van der Waals surface area contributed by atoms with Crippen molar-refractivity contribution < 1.29 is 14.6 Å². The largest absolute Gasteiger partial charge is 0.396 e. The number of carbonyl (C=O) groups excluding carboxylic acids is 1. The van der Waals surface area contributed by atoms with Crippen LogP contribution in [0.15, 0.2) is 0 Å². The Morgan fingerprint density at radius 3 is 2.81 bits per heavy atom. The van der Waals surface area contributed by atoms with Gasteiger partial charge in [-0.25, -0.2) is 0 Å². The minimum Gasteiger partial charge on any atom is -0.396 e. The number of nitrogens with one attached hydrogen (secondary N) is 1. The van der Waals surface area contributed by atoms with E-state index in [-0.39, 0.29) is 17.9 Å². The van der Waals surface area contributed by atoms with E-state index in [9.17, 15) is 9.90 Å². The summed E-state index contributed by atoms with van der Waals surface area (Å²) < 4.78 is 5.35. The van der Waals surface area contributed by atoms with Crippen molar-refractivity contribution in [1.29, 1.82) is 0 Å².